The molecule has 1 saturated heterocycles. The Morgan fingerprint density at radius 1 is 1.20 bits per heavy atom. The van der Waals surface area contributed by atoms with E-state index in [0.717, 1.165) is 27.6 Å². The maximum Gasteiger partial charge on any atom is 0.225 e. The van der Waals surface area contributed by atoms with Crippen LogP contribution in [0.15, 0.2) is 34.9 Å². The molecule has 0 spiro atoms. The summed E-state index contributed by atoms with van der Waals surface area (Å²) in [6.07, 6.45) is 2.55. The topological polar surface area (TPSA) is 58.4 Å². The molecule has 1 saturated carbocycles. The Kier molecular flexibility index (Phi) is 5.02. The van der Waals surface area contributed by atoms with Crippen LogP contribution < -0.4 is 4.74 Å². The van der Waals surface area contributed by atoms with Crippen LogP contribution in [0.3, 0.4) is 0 Å². The molecule has 1 aliphatic carbocycles. The highest BCUT2D eigenvalue weighted by molar-refractivity contribution is 9.10. The third-order valence-electron chi connectivity index (χ3n) is 5.87. The molecule has 5 rings (SSSR count). The zero-order valence-corrected chi connectivity index (χ0v) is 19.7. The van der Waals surface area contributed by atoms with Crippen molar-refractivity contribution >= 4 is 50.2 Å². The average molecular weight is 513 g/mol. The van der Waals surface area contributed by atoms with Crippen molar-refractivity contribution in [1.29, 1.82) is 0 Å². The third-order valence-corrected chi connectivity index (χ3v) is 6.91. The summed E-state index contributed by atoms with van der Waals surface area (Å²) in [7, 11) is 1.67. The molecule has 3 heterocycles. The van der Waals surface area contributed by atoms with E-state index in [4.69, 9.17) is 37.4 Å². The molecular weight excluding hydrogens is 493 g/mol. The van der Waals surface area contributed by atoms with Crippen molar-refractivity contribution in [3.8, 4) is 5.75 Å². The Hall–Kier alpha value is -1.38. The summed E-state index contributed by atoms with van der Waals surface area (Å²) in [6, 6.07) is 8.12. The summed E-state index contributed by atoms with van der Waals surface area (Å²) in [5.74, 6) is 0.294. The molecular formula is C21H20BrCl2N3O3. The molecule has 158 valence electrons. The lowest BCUT2D eigenvalue weighted by Gasteiger charge is -2.24. The third kappa shape index (κ3) is 3.31. The average Bonchev–Trinajstić information content (AvgIpc) is 3.29. The van der Waals surface area contributed by atoms with Crippen LogP contribution in [-0.4, -0.2) is 39.6 Å². The predicted octanol–water partition coefficient (Wildman–Crippen LogP) is 5.76. The largest absolute Gasteiger partial charge is 0.497 e. The highest BCUT2D eigenvalue weighted by Gasteiger charge is 2.55. The lowest BCUT2D eigenvalue weighted by atomic mass is 9.95. The SMILES string of the molecule is COc1cccc([C@H]2C[C@@H](n3cc(Br)c4c(Cl)nc(Cl)nc43)[C@@H]3OC(C)(C)O[C@@H]32)c1. The van der Waals surface area contributed by atoms with Crippen LogP contribution in [0.2, 0.25) is 10.4 Å². The van der Waals surface area contributed by atoms with Gasteiger partial charge in [-0.25, -0.2) is 4.98 Å². The molecule has 2 aliphatic rings. The number of fused-ring (bicyclic) bond motifs is 2. The summed E-state index contributed by atoms with van der Waals surface area (Å²) in [6.45, 7) is 3.90. The monoisotopic (exact) mass is 511 g/mol. The molecule has 0 bridgehead atoms. The second kappa shape index (κ2) is 7.35. The smallest absolute Gasteiger partial charge is 0.225 e. The molecule has 30 heavy (non-hydrogen) atoms. The van der Waals surface area contributed by atoms with Gasteiger partial charge in [0.15, 0.2) is 5.79 Å². The first-order valence-corrected chi connectivity index (χ1v) is 11.2. The molecule has 4 atom stereocenters. The van der Waals surface area contributed by atoms with Gasteiger partial charge in [0.2, 0.25) is 5.28 Å². The van der Waals surface area contributed by atoms with Crippen molar-refractivity contribution in [2.75, 3.05) is 7.11 Å². The van der Waals surface area contributed by atoms with E-state index in [1.165, 1.54) is 0 Å². The number of nitrogens with zero attached hydrogens (tertiary/aromatic N) is 3. The van der Waals surface area contributed by atoms with Crippen LogP contribution >= 0.6 is 39.1 Å². The minimum atomic E-state index is -0.671. The van der Waals surface area contributed by atoms with Gasteiger partial charge >= 0.3 is 0 Å². The summed E-state index contributed by atoms with van der Waals surface area (Å²) < 4.78 is 21.1. The highest BCUT2D eigenvalue weighted by Crippen LogP contribution is 2.52. The van der Waals surface area contributed by atoms with Gasteiger partial charge in [0.25, 0.3) is 0 Å². The standard InChI is InChI=1S/C21H20BrCl2N3O3/c1-21(2)29-16-12(10-5-4-6-11(7-10)28-3)8-14(17(16)30-21)27-9-13(22)15-18(23)25-20(24)26-19(15)27/h4-7,9,12,14,16-17H,8H2,1-3H3/t12-,14-,16-,17+/m1/s1. The van der Waals surface area contributed by atoms with Gasteiger partial charge in [0.05, 0.1) is 24.6 Å². The van der Waals surface area contributed by atoms with Crippen molar-refractivity contribution in [3.05, 3.63) is 50.9 Å². The van der Waals surface area contributed by atoms with Gasteiger partial charge < -0.3 is 18.8 Å². The quantitative estimate of drug-likeness (QED) is 0.330. The zero-order chi connectivity index (χ0) is 21.2. The molecule has 9 heteroatoms. The minimum absolute atomic E-state index is 0.0104. The first kappa shape index (κ1) is 20.5. The fourth-order valence-corrected chi connectivity index (χ4v) is 5.89. The van der Waals surface area contributed by atoms with Gasteiger partial charge in [0, 0.05) is 16.6 Å². The van der Waals surface area contributed by atoms with E-state index in [9.17, 15) is 0 Å². The van der Waals surface area contributed by atoms with Crippen LogP contribution in [0, 0.1) is 0 Å². The Labute approximate surface area is 192 Å². The Morgan fingerprint density at radius 3 is 2.73 bits per heavy atom. The molecule has 1 aromatic carbocycles. The highest BCUT2D eigenvalue weighted by atomic mass is 79.9. The van der Waals surface area contributed by atoms with Crippen LogP contribution in [0.4, 0.5) is 0 Å². The van der Waals surface area contributed by atoms with Crippen LogP contribution in [0.5, 0.6) is 5.75 Å². The first-order valence-electron chi connectivity index (χ1n) is 9.66. The van der Waals surface area contributed by atoms with Crippen molar-refractivity contribution in [3.63, 3.8) is 0 Å². The molecule has 1 aliphatic heterocycles. The van der Waals surface area contributed by atoms with Gasteiger partial charge in [-0.05, 0) is 65.5 Å². The Balaban J connectivity index is 1.62. The summed E-state index contributed by atoms with van der Waals surface area (Å²) >= 11 is 16.1. The fraction of sp³-hybridized carbons (Fsp3) is 0.429. The van der Waals surface area contributed by atoms with Gasteiger partial charge in [-0.15, -0.1) is 0 Å². The maximum absolute atomic E-state index is 6.37. The molecule has 2 fully saturated rings. The summed E-state index contributed by atoms with van der Waals surface area (Å²) in [5.41, 5.74) is 1.84. The molecule has 2 aromatic heterocycles. The van der Waals surface area contributed by atoms with Gasteiger partial charge in [-0.2, -0.15) is 4.98 Å². The molecule has 3 aromatic rings. The number of aromatic nitrogens is 3. The summed E-state index contributed by atoms with van der Waals surface area (Å²) in [5, 5.41) is 1.17. The van der Waals surface area contributed by atoms with E-state index >= 15 is 0 Å². The second-order valence-electron chi connectivity index (χ2n) is 8.12. The Bertz CT molecular complexity index is 1140. The number of hydrogen-bond acceptors (Lipinski definition) is 5. The number of rotatable bonds is 3. The van der Waals surface area contributed by atoms with E-state index in [1.54, 1.807) is 7.11 Å². The van der Waals surface area contributed by atoms with Crippen LogP contribution in [-0.2, 0) is 9.47 Å². The zero-order valence-electron chi connectivity index (χ0n) is 16.6. The van der Waals surface area contributed by atoms with Crippen molar-refractivity contribution in [1.82, 2.24) is 14.5 Å². The van der Waals surface area contributed by atoms with E-state index in [-0.39, 0.29) is 29.5 Å². The van der Waals surface area contributed by atoms with Gasteiger partial charge in [-0.1, -0.05) is 23.7 Å². The summed E-state index contributed by atoms with van der Waals surface area (Å²) in [4.78, 5) is 8.54. The van der Waals surface area contributed by atoms with Crippen molar-refractivity contribution in [2.45, 2.75) is 50.2 Å². The molecule has 0 unspecified atom stereocenters. The lowest BCUT2D eigenvalue weighted by Crippen LogP contribution is -2.27. The number of hydrogen-bond donors (Lipinski definition) is 0. The number of methoxy groups -OCH3 is 1. The van der Waals surface area contributed by atoms with Crippen molar-refractivity contribution in [2.24, 2.45) is 0 Å². The van der Waals surface area contributed by atoms with E-state index in [0.29, 0.717) is 10.8 Å². The normalized spacial score (nSPS) is 27.5. The van der Waals surface area contributed by atoms with E-state index in [2.05, 4.69) is 42.6 Å². The van der Waals surface area contributed by atoms with Gasteiger partial charge in [-0.3, -0.25) is 0 Å². The lowest BCUT2D eigenvalue weighted by molar-refractivity contribution is -0.157. The number of ether oxygens (including phenoxy) is 3. The second-order valence-corrected chi connectivity index (χ2v) is 9.67. The maximum atomic E-state index is 6.37. The van der Waals surface area contributed by atoms with Crippen molar-refractivity contribution < 1.29 is 14.2 Å². The minimum Gasteiger partial charge on any atom is -0.497 e. The number of benzene rings is 1. The van der Waals surface area contributed by atoms with E-state index < -0.39 is 5.79 Å². The molecule has 0 N–H and O–H groups in total. The number of halogens is 3. The van der Waals surface area contributed by atoms with Crippen LogP contribution in [0.25, 0.3) is 11.0 Å². The molecule has 0 radical (unpaired) electrons. The first-order chi connectivity index (χ1) is 14.3. The van der Waals surface area contributed by atoms with E-state index in [1.807, 2.05) is 32.2 Å². The van der Waals surface area contributed by atoms with Crippen LogP contribution in [0.1, 0.15) is 37.8 Å². The predicted molar refractivity (Wildman–Crippen MR) is 118 cm³/mol. The fourth-order valence-electron chi connectivity index (χ4n) is 4.71. The molecule has 0 amide bonds. The molecule has 6 nitrogen and oxygen atoms in total. The van der Waals surface area contributed by atoms with Gasteiger partial charge in [0.1, 0.15) is 22.7 Å². The Morgan fingerprint density at radius 2 is 1.97 bits per heavy atom.